The van der Waals surface area contributed by atoms with Crippen LogP contribution in [0.25, 0.3) is 0 Å². The zero-order valence-electron chi connectivity index (χ0n) is 14.8. The van der Waals surface area contributed by atoms with E-state index in [1.807, 2.05) is 39.6 Å². The van der Waals surface area contributed by atoms with Crippen molar-refractivity contribution in [2.75, 3.05) is 26.7 Å². The van der Waals surface area contributed by atoms with Gasteiger partial charge in [-0.3, -0.25) is 9.59 Å². The van der Waals surface area contributed by atoms with Crippen LogP contribution in [0.1, 0.15) is 53.4 Å². The molecular weight excluding hydrogens is 278 g/mol. The lowest BCUT2D eigenvalue weighted by Gasteiger charge is -2.27. The Morgan fingerprint density at radius 2 is 1.95 bits per heavy atom. The van der Waals surface area contributed by atoms with Crippen molar-refractivity contribution in [1.82, 2.24) is 10.2 Å². The highest BCUT2D eigenvalue weighted by Crippen LogP contribution is 2.20. The van der Waals surface area contributed by atoms with E-state index >= 15 is 0 Å². The molecule has 0 saturated carbocycles. The molecule has 1 atom stereocenters. The fraction of sp³-hybridized carbons (Fsp3) is 0.765. The molecule has 2 amide bonds. The van der Waals surface area contributed by atoms with Crippen molar-refractivity contribution in [2.24, 2.45) is 0 Å². The van der Waals surface area contributed by atoms with Crippen LogP contribution >= 0.6 is 0 Å². The molecule has 0 aliphatic heterocycles. The van der Waals surface area contributed by atoms with E-state index in [1.54, 1.807) is 0 Å². The summed E-state index contributed by atoms with van der Waals surface area (Å²) < 4.78 is 0. The molecular formula is C17H32N3O2+. The molecule has 0 fully saturated rings. The number of hydrogen-bond donors (Lipinski definition) is 2. The summed E-state index contributed by atoms with van der Waals surface area (Å²) in [7, 11) is 1.89. The molecule has 126 valence electrons. The van der Waals surface area contributed by atoms with Gasteiger partial charge in [0.05, 0.1) is 7.05 Å². The molecule has 5 nitrogen and oxygen atoms in total. The van der Waals surface area contributed by atoms with Crippen LogP contribution in [-0.2, 0) is 9.59 Å². The minimum atomic E-state index is -0.232. The average Bonchev–Trinajstić information content (AvgIpc) is 2.37. The van der Waals surface area contributed by atoms with Crippen LogP contribution in [-0.4, -0.2) is 48.9 Å². The third kappa shape index (κ3) is 6.60. The van der Waals surface area contributed by atoms with Crippen molar-refractivity contribution in [2.45, 2.75) is 58.9 Å². The predicted octanol–water partition coefficient (Wildman–Crippen LogP) is 0.722. The van der Waals surface area contributed by atoms with Crippen molar-refractivity contribution >= 4 is 11.8 Å². The summed E-state index contributed by atoms with van der Waals surface area (Å²) in [5.41, 5.74) is 0.926. The molecule has 0 aromatic carbocycles. The van der Waals surface area contributed by atoms with Crippen LogP contribution in [0.4, 0.5) is 0 Å². The van der Waals surface area contributed by atoms with Crippen molar-refractivity contribution in [1.29, 1.82) is 0 Å². The highest BCUT2D eigenvalue weighted by atomic mass is 16.2. The molecule has 0 bridgehead atoms. The Labute approximate surface area is 134 Å². The molecule has 0 heterocycles. The number of hydrogen-bond acceptors (Lipinski definition) is 2. The number of carbonyl (C=O) groups is 2. The molecule has 0 saturated heterocycles. The van der Waals surface area contributed by atoms with E-state index in [0.29, 0.717) is 19.6 Å². The second kappa shape index (κ2) is 8.32. The summed E-state index contributed by atoms with van der Waals surface area (Å²) in [6.07, 6.45) is 6.62. The van der Waals surface area contributed by atoms with E-state index in [9.17, 15) is 9.59 Å². The second-order valence-corrected chi connectivity index (χ2v) is 7.19. The fourth-order valence-electron chi connectivity index (χ4n) is 2.76. The maximum absolute atomic E-state index is 12.5. The van der Waals surface area contributed by atoms with Crippen molar-refractivity contribution < 1.29 is 14.5 Å². The van der Waals surface area contributed by atoms with Crippen LogP contribution in [0.2, 0.25) is 0 Å². The molecule has 1 aliphatic carbocycles. The van der Waals surface area contributed by atoms with E-state index in [-0.39, 0.29) is 17.4 Å². The molecule has 5 heteroatoms. The van der Waals surface area contributed by atoms with E-state index < -0.39 is 0 Å². The van der Waals surface area contributed by atoms with Gasteiger partial charge in [-0.15, -0.1) is 0 Å². The first kappa shape index (κ1) is 18.7. The molecule has 1 aliphatic rings. The quantitative estimate of drug-likeness (QED) is 0.760. The minimum absolute atomic E-state index is 0.0160. The maximum atomic E-state index is 12.5. The fourth-order valence-corrected chi connectivity index (χ4v) is 2.76. The minimum Gasteiger partial charge on any atom is -0.347 e. The largest absolute Gasteiger partial charge is 0.347 e. The normalized spacial score (nSPS) is 16.7. The Hall–Kier alpha value is -1.36. The van der Waals surface area contributed by atoms with Crippen molar-refractivity contribution in [3.8, 4) is 0 Å². The van der Waals surface area contributed by atoms with Gasteiger partial charge in [0.1, 0.15) is 0 Å². The molecule has 0 aromatic rings. The number of carbonyl (C=O) groups excluding carboxylic acids is 2. The monoisotopic (exact) mass is 310 g/mol. The van der Waals surface area contributed by atoms with Crippen LogP contribution in [0.5, 0.6) is 0 Å². The van der Waals surface area contributed by atoms with Gasteiger partial charge in [0.25, 0.3) is 11.8 Å². The molecule has 1 unspecified atom stereocenters. The van der Waals surface area contributed by atoms with Gasteiger partial charge in [0.15, 0.2) is 13.1 Å². The molecule has 0 spiro atoms. The standard InChI is InChI=1S/C17H31N3O2/c1-6-20(14-10-8-7-9-11-14)16(22)13-19(5)12-15(21)18-17(2,3)4/h10H,6-9,11-13H2,1-5H3,(H,18,21)/p+1. The van der Waals surface area contributed by atoms with Crippen molar-refractivity contribution in [3.05, 3.63) is 11.8 Å². The van der Waals surface area contributed by atoms with E-state index in [1.165, 1.54) is 6.42 Å². The highest BCUT2D eigenvalue weighted by molar-refractivity contribution is 5.80. The van der Waals surface area contributed by atoms with Crippen LogP contribution in [0, 0.1) is 0 Å². The number of amides is 2. The molecule has 0 aromatic heterocycles. The molecule has 1 rings (SSSR count). The van der Waals surface area contributed by atoms with Gasteiger partial charge in [0, 0.05) is 17.8 Å². The van der Waals surface area contributed by atoms with Gasteiger partial charge in [0.2, 0.25) is 0 Å². The summed E-state index contributed by atoms with van der Waals surface area (Å²) in [5.74, 6) is 0.0921. The lowest BCUT2D eigenvalue weighted by atomic mass is 10.0. The number of quaternary nitrogens is 1. The Kier molecular flexibility index (Phi) is 7.07. The van der Waals surface area contributed by atoms with Gasteiger partial charge in [-0.05, 0) is 53.4 Å². The summed E-state index contributed by atoms with van der Waals surface area (Å²) in [6.45, 7) is 9.25. The Balaban J connectivity index is 2.51. The number of nitrogens with zero attached hydrogens (tertiary/aromatic N) is 1. The smallest absolute Gasteiger partial charge is 0.281 e. The molecule has 2 N–H and O–H groups in total. The van der Waals surface area contributed by atoms with E-state index in [4.69, 9.17) is 0 Å². The topological polar surface area (TPSA) is 53.9 Å². The van der Waals surface area contributed by atoms with Crippen molar-refractivity contribution in [3.63, 3.8) is 0 Å². The summed E-state index contributed by atoms with van der Waals surface area (Å²) in [6, 6.07) is 0. The Bertz CT molecular complexity index is 424. The third-order valence-corrected chi connectivity index (χ3v) is 3.66. The van der Waals surface area contributed by atoms with Crippen LogP contribution in [0.3, 0.4) is 0 Å². The number of likely N-dealkylation sites (N-methyl/N-ethyl adjacent to an activating group) is 2. The van der Waals surface area contributed by atoms with E-state index in [2.05, 4.69) is 11.4 Å². The van der Waals surface area contributed by atoms with Crippen LogP contribution in [0.15, 0.2) is 11.8 Å². The first-order valence-electron chi connectivity index (χ1n) is 8.34. The lowest BCUT2D eigenvalue weighted by Crippen LogP contribution is -3.11. The third-order valence-electron chi connectivity index (χ3n) is 3.66. The second-order valence-electron chi connectivity index (χ2n) is 7.19. The van der Waals surface area contributed by atoms with Gasteiger partial charge in [-0.1, -0.05) is 6.08 Å². The zero-order valence-corrected chi connectivity index (χ0v) is 14.8. The van der Waals surface area contributed by atoms with Crippen LogP contribution < -0.4 is 10.2 Å². The first-order chi connectivity index (χ1) is 10.2. The van der Waals surface area contributed by atoms with Gasteiger partial charge < -0.3 is 15.1 Å². The van der Waals surface area contributed by atoms with Gasteiger partial charge in [-0.2, -0.15) is 0 Å². The summed E-state index contributed by atoms with van der Waals surface area (Å²) in [5, 5.41) is 2.93. The van der Waals surface area contributed by atoms with Gasteiger partial charge >= 0.3 is 0 Å². The molecule has 22 heavy (non-hydrogen) atoms. The average molecular weight is 310 g/mol. The van der Waals surface area contributed by atoms with E-state index in [0.717, 1.165) is 29.9 Å². The predicted molar refractivity (Wildman–Crippen MR) is 88.5 cm³/mol. The Morgan fingerprint density at radius 3 is 2.45 bits per heavy atom. The number of nitrogens with one attached hydrogen (secondary N) is 2. The first-order valence-corrected chi connectivity index (χ1v) is 8.34. The summed E-state index contributed by atoms with van der Waals surface area (Å²) >= 11 is 0. The number of rotatable bonds is 6. The molecule has 0 radical (unpaired) electrons. The highest BCUT2D eigenvalue weighted by Gasteiger charge is 2.23. The summed E-state index contributed by atoms with van der Waals surface area (Å²) in [4.78, 5) is 27.2. The SMILES string of the molecule is CCN(C(=O)C[NH+](C)CC(=O)NC(C)(C)C)C1=CCCCC1. The Morgan fingerprint density at radius 1 is 1.27 bits per heavy atom. The number of allylic oxidation sites excluding steroid dienone is 2. The zero-order chi connectivity index (χ0) is 16.8. The van der Waals surface area contributed by atoms with Gasteiger partial charge in [-0.25, -0.2) is 0 Å². The maximum Gasteiger partial charge on any atom is 0.281 e. The lowest BCUT2D eigenvalue weighted by molar-refractivity contribution is -0.863.